The van der Waals surface area contributed by atoms with Crippen LogP contribution in [0.4, 0.5) is 0 Å². The fourth-order valence-corrected chi connectivity index (χ4v) is 2.63. The highest BCUT2D eigenvalue weighted by Crippen LogP contribution is 2.13. The van der Waals surface area contributed by atoms with E-state index in [4.69, 9.17) is 5.73 Å². The first-order chi connectivity index (χ1) is 7.65. The van der Waals surface area contributed by atoms with Crippen molar-refractivity contribution < 1.29 is 0 Å². The zero-order chi connectivity index (χ0) is 11.5. The van der Waals surface area contributed by atoms with E-state index >= 15 is 0 Å². The number of nitrogens with zero attached hydrogens (tertiary/aromatic N) is 3. The average molecular weight is 226 g/mol. The lowest BCUT2D eigenvalue weighted by atomic mass is 10.1. The standard InChI is InChI=1S/C12H26N4/c1-11-9-16(10-12(11)13)8-7-15-5-3-14(2)4-6-15/h11-12H,3-10,13H2,1-2H3. The minimum Gasteiger partial charge on any atom is -0.326 e. The van der Waals surface area contributed by atoms with Crippen molar-refractivity contribution in [1.82, 2.24) is 14.7 Å². The number of hydrogen-bond acceptors (Lipinski definition) is 4. The van der Waals surface area contributed by atoms with Gasteiger partial charge in [0.1, 0.15) is 0 Å². The molecule has 2 N–H and O–H groups in total. The molecular weight excluding hydrogens is 200 g/mol. The van der Waals surface area contributed by atoms with Crippen LogP contribution in [0, 0.1) is 5.92 Å². The summed E-state index contributed by atoms with van der Waals surface area (Å²) < 4.78 is 0. The van der Waals surface area contributed by atoms with Crippen LogP contribution in [-0.2, 0) is 0 Å². The molecule has 0 aromatic rings. The lowest BCUT2D eigenvalue weighted by molar-refractivity contribution is 0.140. The Morgan fingerprint density at radius 3 is 2.19 bits per heavy atom. The van der Waals surface area contributed by atoms with Gasteiger partial charge in [0.2, 0.25) is 0 Å². The van der Waals surface area contributed by atoms with Gasteiger partial charge in [0.25, 0.3) is 0 Å². The molecule has 0 radical (unpaired) electrons. The van der Waals surface area contributed by atoms with Gasteiger partial charge in [-0.15, -0.1) is 0 Å². The first kappa shape index (κ1) is 12.3. The Balaban J connectivity index is 1.64. The summed E-state index contributed by atoms with van der Waals surface area (Å²) in [6.07, 6.45) is 0. The van der Waals surface area contributed by atoms with Gasteiger partial charge >= 0.3 is 0 Å². The highest BCUT2D eigenvalue weighted by atomic mass is 15.3. The Hall–Kier alpha value is -0.160. The molecule has 0 amide bonds. The summed E-state index contributed by atoms with van der Waals surface area (Å²) >= 11 is 0. The molecule has 4 heteroatoms. The van der Waals surface area contributed by atoms with Crippen molar-refractivity contribution in [3.05, 3.63) is 0 Å². The maximum absolute atomic E-state index is 6.03. The molecule has 0 bridgehead atoms. The van der Waals surface area contributed by atoms with Crippen molar-refractivity contribution in [1.29, 1.82) is 0 Å². The van der Waals surface area contributed by atoms with E-state index in [1.165, 1.54) is 45.8 Å². The second-order valence-corrected chi connectivity index (χ2v) is 5.55. The van der Waals surface area contributed by atoms with E-state index < -0.39 is 0 Å². The monoisotopic (exact) mass is 226 g/mol. The highest BCUT2D eigenvalue weighted by Gasteiger charge is 2.26. The van der Waals surface area contributed by atoms with Gasteiger partial charge in [-0.1, -0.05) is 6.92 Å². The molecule has 2 aliphatic heterocycles. The fourth-order valence-electron chi connectivity index (χ4n) is 2.63. The van der Waals surface area contributed by atoms with E-state index in [0.29, 0.717) is 12.0 Å². The van der Waals surface area contributed by atoms with Gasteiger partial charge in [0, 0.05) is 58.4 Å². The third-order valence-electron chi connectivity index (χ3n) is 4.07. The van der Waals surface area contributed by atoms with E-state index in [2.05, 4.69) is 28.7 Å². The van der Waals surface area contributed by atoms with E-state index in [0.717, 1.165) is 6.54 Å². The minimum absolute atomic E-state index is 0.396. The quantitative estimate of drug-likeness (QED) is 0.705. The molecule has 0 aliphatic carbocycles. The average Bonchev–Trinajstić information content (AvgIpc) is 2.58. The van der Waals surface area contributed by atoms with Crippen molar-refractivity contribution in [2.24, 2.45) is 11.7 Å². The lowest BCUT2D eigenvalue weighted by Gasteiger charge is -2.33. The number of hydrogen-bond donors (Lipinski definition) is 1. The largest absolute Gasteiger partial charge is 0.326 e. The molecule has 2 saturated heterocycles. The van der Waals surface area contributed by atoms with E-state index in [-0.39, 0.29) is 0 Å². The van der Waals surface area contributed by atoms with Gasteiger partial charge < -0.3 is 15.5 Å². The topological polar surface area (TPSA) is 35.7 Å². The zero-order valence-corrected chi connectivity index (χ0v) is 10.7. The Morgan fingerprint density at radius 1 is 1.00 bits per heavy atom. The summed E-state index contributed by atoms with van der Waals surface area (Å²) in [6, 6.07) is 0.396. The smallest absolute Gasteiger partial charge is 0.0206 e. The number of likely N-dealkylation sites (N-methyl/N-ethyl adjacent to an activating group) is 1. The van der Waals surface area contributed by atoms with Crippen LogP contribution in [0.3, 0.4) is 0 Å². The molecule has 0 aromatic heterocycles. The summed E-state index contributed by atoms with van der Waals surface area (Å²) in [6.45, 7) is 11.9. The molecule has 2 heterocycles. The van der Waals surface area contributed by atoms with E-state index in [1.54, 1.807) is 0 Å². The van der Waals surface area contributed by atoms with Gasteiger partial charge in [-0.05, 0) is 13.0 Å². The van der Waals surface area contributed by atoms with Crippen LogP contribution < -0.4 is 5.73 Å². The molecule has 16 heavy (non-hydrogen) atoms. The third-order valence-corrected chi connectivity index (χ3v) is 4.07. The number of piperazine rings is 1. The summed E-state index contributed by atoms with van der Waals surface area (Å²) in [4.78, 5) is 7.51. The predicted molar refractivity (Wildman–Crippen MR) is 67.5 cm³/mol. The fraction of sp³-hybridized carbons (Fsp3) is 1.00. The van der Waals surface area contributed by atoms with Crippen LogP contribution in [-0.4, -0.2) is 80.1 Å². The second-order valence-electron chi connectivity index (χ2n) is 5.55. The van der Waals surface area contributed by atoms with Crippen LogP contribution in [0.5, 0.6) is 0 Å². The molecule has 2 atom stereocenters. The number of rotatable bonds is 3. The Bertz CT molecular complexity index is 203. The maximum Gasteiger partial charge on any atom is 0.0206 e. The van der Waals surface area contributed by atoms with Crippen LogP contribution >= 0.6 is 0 Å². The van der Waals surface area contributed by atoms with Crippen LogP contribution in [0.1, 0.15) is 6.92 Å². The molecule has 0 saturated carbocycles. The Labute approximate surface area is 99.4 Å². The molecule has 2 rings (SSSR count). The SMILES string of the molecule is CC1CN(CCN2CCN(C)CC2)CC1N. The Kier molecular flexibility index (Phi) is 4.19. The summed E-state index contributed by atoms with van der Waals surface area (Å²) in [5.41, 5.74) is 6.03. The predicted octanol–water partition coefficient (Wildman–Crippen LogP) is -0.487. The molecule has 2 fully saturated rings. The first-order valence-corrected chi connectivity index (χ1v) is 6.54. The van der Waals surface area contributed by atoms with E-state index in [1.807, 2.05) is 0 Å². The third kappa shape index (κ3) is 3.17. The van der Waals surface area contributed by atoms with Crippen molar-refractivity contribution in [2.45, 2.75) is 13.0 Å². The first-order valence-electron chi connectivity index (χ1n) is 6.54. The van der Waals surface area contributed by atoms with Gasteiger partial charge in [-0.2, -0.15) is 0 Å². The van der Waals surface area contributed by atoms with Crippen LogP contribution in [0.15, 0.2) is 0 Å². The lowest BCUT2D eigenvalue weighted by Crippen LogP contribution is -2.46. The zero-order valence-electron chi connectivity index (χ0n) is 10.7. The molecule has 2 unspecified atom stereocenters. The van der Waals surface area contributed by atoms with Gasteiger partial charge in [0.05, 0.1) is 0 Å². The van der Waals surface area contributed by atoms with Gasteiger partial charge in [0.15, 0.2) is 0 Å². The highest BCUT2D eigenvalue weighted by molar-refractivity contribution is 4.84. The molecule has 4 nitrogen and oxygen atoms in total. The summed E-state index contributed by atoms with van der Waals surface area (Å²) in [5.74, 6) is 0.674. The van der Waals surface area contributed by atoms with Crippen molar-refractivity contribution in [2.75, 3.05) is 59.4 Å². The van der Waals surface area contributed by atoms with Crippen molar-refractivity contribution >= 4 is 0 Å². The van der Waals surface area contributed by atoms with Crippen molar-refractivity contribution in [3.8, 4) is 0 Å². The van der Waals surface area contributed by atoms with Crippen LogP contribution in [0.2, 0.25) is 0 Å². The summed E-state index contributed by atoms with van der Waals surface area (Å²) in [7, 11) is 2.21. The van der Waals surface area contributed by atoms with Gasteiger partial charge in [-0.25, -0.2) is 0 Å². The molecule has 2 aliphatic rings. The van der Waals surface area contributed by atoms with Gasteiger partial charge in [-0.3, -0.25) is 4.90 Å². The second kappa shape index (κ2) is 5.45. The number of nitrogens with two attached hydrogens (primary N) is 1. The Morgan fingerprint density at radius 2 is 1.62 bits per heavy atom. The van der Waals surface area contributed by atoms with Crippen LogP contribution in [0.25, 0.3) is 0 Å². The summed E-state index contributed by atoms with van der Waals surface area (Å²) in [5, 5.41) is 0. The molecule has 0 aromatic carbocycles. The maximum atomic E-state index is 6.03. The molecule has 0 spiro atoms. The van der Waals surface area contributed by atoms with Crippen molar-refractivity contribution in [3.63, 3.8) is 0 Å². The molecule has 94 valence electrons. The normalized spacial score (nSPS) is 34.7. The number of likely N-dealkylation sites (tertiary alicyclic amines) is 1. The minimum atomic E-state index is 0.396. The molecular formula is C12H26N4. The van der Waals surface area contributed by atoms with E-state index in [9.17, 15) is 0 Å².